The summed E-state index contributed by atoms with van der Waals surface area (Å²) < 4.78 is 6.38. The van der Waals surface area contributed by atoms with E-state index in [9.17, 15) is 4.79 Å². The number of carbonyl (C=O) groups excluding carboxylic acids is 1. The average molecular weight is 440 g/mol. The van der Waals surface area contributed by atoms with E-state index in [2.05, 4.69) is 69.2 Å². The second-order valence-electron chi connectivity index (χ2n) is 11.6. The first-order valence-corrected chi connectivity index (χ1v) is 13.4. The lowest BCUT2D eigenvalue weighted by Gasteiger charge is -2.42. The molecule has 0 aromatic heterocycles. The average Bonchev–Trinajstić information content (AvgIpc) is 2.64. The molecule has 0 aromatic rings. The summed E-state index contributed by atoms with van der Waals surface area (Å²) in [6, 6.07) is 0. The van der Waals surface area contributed by atoms with Crippen LogP contribution in [0, 0.1) is 23.7 Å². The highest BCUT2D eigenvalue weighted by molar-refractivity contribution is 5.69. The Kier molecular flexibility index (Phi) is 15.6. The van der Waals surface area contributed by atoms with Crippen molar-refractivity contribution in [2.45, 2.75) is 145 Å². The van der Waals surface area contributed by atoms with Crippen molar-refractivity contribution in [3.63, 3.8) is 0 Å². The van der Waals surface area contributed by atoms with Gasteiger partial charge in [0.1, 0.15) is 6.10 Å². The lowest BCUT2D eigenvalue weighted by Crippen LogP contribution is -2.51. The van der Waals surface area contributed by atoms with Gasteiger partial charge in [0.15, 0.2) is 0 Å². The molecule has 0 aliphatic carbocycles. The minimum absolute atomic E-state index is 0.00972. The summed E-state index contributed by atoms with van der Waals surface area (Å²) in [5.74, 6) is 1.78. The third-order valence-corrected chi connectivity index (χ3v) is 6.37. The van der Waals surface area contributed by atoms with Crippen LogP contribution in [0.1, 0.15) is 133 Å². The van der Waals surface area contributed by atoms with Gasteiger partial charge in [0, 0.05) is 12.1 Å². The summed E-state index contributed by atoms with van der Waals surface area (Å²) in [7, 11) is 0. The fourth-order valence-electron chi connectivity index (χ4n) is 4.96. The van der Waals surface area contributed by atoms with Crippen LogP contribution in [-0.2, 0) is 4.74 Å². The first-order chi connectivity index (χ1) is 14.5. The second-order valence-corrected chi connectivity index (χ2v) is 11.6. The third kappa shape index (κ3) is 12.8. The number of hydrogen-bond donors (Lipinski definition) is 0. The Labute approximate surface area is 196 Å². The fraction of sp³-hybridized carbons (Fsp3) is 0.964. The van der Waals surface area contributed by atoms with E-state index in [1.165, 1.54) is 57.8 Å². The summed E-state index contributed by atoms with van der Waals surface area (Å²) >= 11 is 0. The number of hydrogen-bond acceptors (Lipinski definition) is 2. The first kappa shape index (κ1) is 30.3. The number of carbonyl (C=O) groups is 1. The van der Waals surface area contributed by atoms with Crippen molar-refractivity contribution in [3.05, 3.63) is 0 Å². The van der Waals surface area contributed by atoms with Gasteiger partial charge in [-0.3, -0.25) is 0 Å². The highest BCUT2D eigenvalue weighted by atomic mass is 16.6. The van der Waals surface area contributed by atoms with E-state index in [1.54, 1.807) is 0 Å². The SMILES string of the molecule is CCCCCCC(CCCCC)C(OC(=O)N(CC(C)C)C(C)(C)CC(C)C)C(C)C. The van der Waals surface area contributed by atoms with Gasteiger partial charge >= 0.3 is 6.09 Å². The molecule has 0 rings (SSSR count). The second kappa shape index (κ2) is 16.0. The minimum Gasteiger partial charge on any atom is -0.446 e. The molecule has 0 aromatic carbocycles. The van der Waals surface area contributed by atoms with Gasteiger partial charge in [-0.1, -0.05) is 100 Å². The van der Waals surface area contributed by atoms with E-state index >= 15 is 0 Å². The van der Waals surface area contributed by atoms with E-state index in [0.717, 1.165) is 13.0 Å². The summed E-state index contributed by atoms with van der Waals surface area (Å²) in [5, 5.41) is 0. The first-order valence-electron chi connectivity index (χ1n) is 13.4. The number of ether oxygens (including phenoxy) is 1. The predicted octanol–water partition coefficient (Wildman–Crippen LogP) is 9.10. The van der Waals surface area contributed by atoms with Crippen molar-refractivity contribution in [1.29, 1.82) is 0 Å². The molecule has 3 nitrogen and oxygen atoms in total. The van der Waals surface area contributed by atoms with Crippen LogP contribution in [0.5, 0.6) is 0 Å². The highest BCUT2D eigenvalue weighted by Gasteiger charge is 2.36. The summed E-state index contributed by atoms with van der Waals surface area (Å²) in [6.45, 7) is 23.0. The number of unbranched alkanes of at least 4 members (excludes halogenated alkanes) is 5. The van der Waals surface area contributed by atoms with E-state index in [1.807, 2.05) is 4.90 Å². The molecule has 2 atom stereocenters. The molecular formula is C28H57NO2. The number of nitrogens with zero attached hydrogens (tertiary/aromatic N) is 1. The molecule has 0 saturated heterocycles. The molecule has 0 saturated carbocycles. The quantitative estimate of drug-likeness (QED) is 0.211. The largest absolute Gasteiger partial charge is 0.446 e. The van der Waals surface area contributed by atoms with Crippen LogP contribution in [0.2, 0.25) is 0 Å². The topological polar surface area (TPSA) is 29.5 Å². The minimum atomic E-state index is -0.199. The lowest BCUT2D eigenvalue weighted by atomic mass is 9.84. The zero-order valence-corrected chi connectivity index (χ0v) is 22.9. The van der Waals surface area contributed by atoms with Gasteiger partial charge < -0.3 is 9.64 Å². The van der Waals surface area contributed by atoms with Gasteiger partial charge in [-0.2, -0.15) is 0 Å². The van der Waals surface area contributed by atoms with E-state index in [0.29, 0.717) is 23.7 Å². The van der Waals surface area contributed by atoms with Crippen molar-refractivity contribution >= 4 is 6.09 Å². The highest BCUT2D eigenvalue weighted by Crippen LogP contribution is 2.31. The molecule has 0 aliphatic heterocycles. The molecule has 0 bridgehead atoms. The van der Waals surface area contributed by atoms with Crippen LogP contribution >= 0.6 is 0 Å². The molecule has 0 radical (unpaired) electrons. The standard InChI is InChI=1S/C28H57NO2/c1-11-13-15-17-19-25(18-16-14-12-2)26(24(7)8)31-27(30)29(21-23(5)6)28(9,10)20-22(3)4/h22-26H,11-21H2,1-10H3. The van der Waals surface area contributed by atoms with Crippen LogP contribution in [0.15, 0.2) is 0 Å². The van der Waals surface area contributed by atoms with E-state index < -0.39 is 0 Å². The number of rotatable bonds is 17. The Balaban J connectivity index is 5.50. The van der Waals surface area contributed by atoms with Crippen LogP contribution in [0.4, 0.5) is 4.79 Å². The summed E-state index contributed by atoms with van der Waals surface area (Å²) in [6.07, 6.45) is 12.1. The molecule has 0 N–H and O–H groups in total. The Morgan fingerprint density at radius 2 is 1.32 bits per heavy atom. The molecule has 186 valence electrons. The summed E-state index contributed by atoms with van der Waals surface area (Å²) in [5.41, 5.74) is -0.199. The van der Waals surface area contributed by atoms with E-state index in [-0.39, 0.29) is 17.7 Å². The van der Waals surface area contributed by atoms with Crippen molar-refractivity contribution in [2.24, 2.45) is 23.7 Å². The third-order valence-electron chi connectivity index (χ3n) is 6.37. The molecule has 1 amide bonds. The molecule has 0 heterocycles. The van der Waals surface area contributed by atoms with E-state index in [4.69, 9.17) is 4.74 Å². The smallest absolute Gasteiger partial charge is 0.410 e. The maximum Gasteiger partial charge on any atom is 0.410 e. The summed E-state index contributed by atoms with van der Waals surface area (Å²) in [4.78, 5) is 15.6. The Hall–Kier alpha value is -0.730. The van der Waals surface area contributed by atoms with Crippen LogP contribution in [0.3, 0.4) is 0 Å². The zero-order chi connectivity index (χ0) is 24.0. The molecule has 3 heteroatoms. The molecule has 0 fully saturated rings. The van der Waals surface area contributed by atoms with Gasteiger partial charge in [0.2, 0.25) is 0 Å². The van der Waals surface area contributed by atoms with Crippen molar-refractivity contribution in [1.82, 2.24) is 4.90 Å². The van der Waals surface area contributed by atoms with Crippen LogP contribution < -0.4 is 0 Å². The molecule has 2 unspecified atom stereocenters. The Bertz CT molecular complexity index is 456. The van der Waals surface area contributed by atoms with Gasteiger partial charge in [0.05, 0.1) is 0 Å². The molecule has 0 spiro atoms. The maximum absolute atomic E-state index is 13.5. The molecular weight excluding hydrogens is 382 g/mol. The maximum atomic E-state index is 13.5. The van der Waals surface area contributed by atoms with Gasteiger partial charge in [-0.25, -0.2) is 4.79 Å². The van der Waals surface area contributed by atoms with Crippen molar-refractivity contribution in [2.75, 3.05) is 6.54 Å². The Morgan fingerprint density at radius 1 is 0.806 bits per heavy atom. The van der Waals surface area contributed by atoms with Gasteiger partial charge in [-0.05, 0) is 56.8 Å². The predicted molar refractivity (Wildman–Crippen MR) is 137 cm³/mol. The van der Waals surface area contributed by atoms with Crippen molar-refractivity contribution < 1.29 is 9.53 Å². The normalized spacial score (nSPS) is 14.4. The van der Waals surface area contributed by atoms with Crippen molar-refractivity contribution in [3.8, 4) is 0 Å². The Morgan fingerprint density at radius 3 is 1.77 bits per heavy atom. The zero-order valence-electron chi connectivity index (χ0n) is 22.9. The number of amides is 1. The van der Waals surface area contributed by atoms with Crippen LogP contribution in [-0.4, -0.2) is 29.2 Å². The molecule has 31 heavy (non-hydrogen) atoms. The fourth-order valence-corrected chi connectivity index (χ4v) is 4.96. The lowest BCUT2D eigenvalue weighted by molar-refractivity contribution is -0.0175. The molecule has 0 aliphatic rings. The van der Waals surface area contributed by atoms with Gasteiger partial charge in [0.25, 0.3) is 0 Å². The van der Waals surface area contributed by atoms with Gasteiger partial charge in [-0.15, -0.1) is 0 Å². The monoisotopic (exact) mass is 439 g/mol. The van der Waals surface area contributed by atoms with Crippen LogP contribution in [0.25, 0.3) is 0 Å².